The van der Waals surface area contributed by atoms with Gasteiger partial charge in [-0.25, -0.2) is 0 Å². The number of carbonyl (C=O) groups excluding carboxylic acids is 2. The van der Waals surface area contributed by atoms with E-state index in [4.69, 9.17) is 4.74 Å². The second-order valence-corrected chi connectivity index (χ2v) is 5.91. The van der Waals surface area contributed by atoms with Crippen molar-refractivity contribution in [2.45, 2.75) is 18.9 Å². The van der Waals surface area contributed by atoms with Gasteiger partial charge in [-0.2, -0.15) is 0 Å². The highest BCUT2D eigenvalue weighted by atomic mass is 32.1. The standard InChI is InChI=1S/C14H20N2O3S/c1-16-6-7-19-11(10-16)9-15-14(18)5-4-12(17)13-3-2-8-20-13/h2-3,8,11H,4-7,9-10H2,1H3,(H,15,18)/t11-/m0/s1. The summed E-state index contributed by atoms with van der Waals surface area (Å²) in [6.07, 6.45) is 0.544. The molecule has 2 rings (SSSR count). The van der Waals surface area contributed by atoms with Gasteiger partial charge in [0, 0.05) is 32.5 Å². The first-order chi connectivity index (χ1) is 9.65. The van der Waals surface area contributed by atoms with Crippen molar-refractivity contribution in [3.05, 3.63) is 22.4 Å². The van der Waals surface area contributed by atoms with Gasteiger partial charge in [0.1, 0.15) is 0 Å². The van der Waals surface area contributed by atoms with Gasteiger partial charge < -0.3 is 15.0 Å². The maximum absolute atomic E-state index is 11.8. The fraction of sp³-hybridized carbons (Fsp3) is 0.571. The van der Waals surface area contributed by atoms with E-state index in [1.54, 1.807) is 6.07 Å². The summed E-state index contributed by atoms with van der Waals surface area (Å²) in [7, 11) is 2.04. The molecule has 1 N–H and O–H groups in total. The topological polar surface area (TPSA) is 58.6 Å². The minimum absolute atomic E-state index is 0.0313. The highest BCUT2D eigenvalue weighted by molar-refractivity contribution is 7.12. The predicted molar refractivity (Wildman–Crippen MR) is 78.1 cm³/mol. The molecular weight excluding hydrogens is 276 g/mol. The van der Waals surface area contributed by atoms with Gasteiger partial charge in [-0.3, -0.25) is 9.59 Å². The number of carbonyl (C=O) groups is 2. The van der Waals surface area contributed by atoms with Gasteiger partial charge in [0.25, 0.3) is 0 Å². The van der Waals surface area contributed by atoms with Gasteiger partial charge in [0.05, 0.1) is 17.6 Å². The summed E-state index contributed by atoms with van der Waals surface area (Å²) in [5.74, 6) is -0.0597. The summed E-state index contributed by atoms with van der Waals surface area (Å²) in [4.78, 5) is 26.4. The minimum Gasteiger partial charge on any atom is -0.374 e. The molecule has 1 fully saturated rings. The molecule has 1 aliphatic rings. The van der Waals surface area contributed by atoms with Gasteiger partial charge in [-0.1, -0.05) is 6.07 Å². The van der Waals surface area contributed by atoms with Crippen LogP contribution >= 0.6 is 11.3 Å². The van der Waals surface area contributed by atoms with E-state index >= 15 is 0 Å². The molecule has 2 heterocycles. The van der Waals surface area contributed by atoms with Crippen molar-refractivity contribution in [1.29, 1.82) is 0 Å². The van der Waals surface area contributed by atoms with Crippen LogP contribution in [-0.4, -0.2) is 56.0 Å². The molecule has 1 aromatic rings. The van der Waals surface area contributed by atoms with E-state index in [1.165, 1.54) is 11.3 Å². The fourth-order valence-electron chi connectivity index (χ4n) is 2.09. The zero-order valence-electron chi connectivity index (χ0n) is 11.6. The van der Waals surface area contributed by atoms with Gasteiger partial charge in [-0.05, 0) is 18.5 Å². The Morgan fingerprint density at radius 2 is 2.35 bits per heavy atom. The Labute approximate surface area is 122 Å². The Morgan fingerprint density at radius 3 is 3.05 bits per heavy atom. The van der Waals surface area contributed by atoms with Crippen LogP contribution in [0.5, 0.6) is 0 Å². The number of nitrogens with zero attached hydrogens (tertiary/aromatic N) is 1. The maximum Gasteiger partial charge on any atom is 0.220 e. The van der Waals surface area contributed by atoms with Gasteiger partial charge in [0.2, 0.25) is 5.91 Å². The van der Waals surface area contributed by atoms with Crippen LogP contribution in [0.1, 0.15) is 22.5 Å². The van der Waals surface area contributed by atoms with Crippen LogP contribution in [0.15, 0.2) is 17.5 Å². The van der Waals surface area contributed by atoms with Gasteiger partial charge in [0.15, 0.2) is 5.78 Å². The van der Waals surface area contributed by atoms with Crippen molar-refractivity contribution in [3.8, 4) is 0 Å². The molecule has 0 unspecified atom stereocenters. The van der Waals surface area contributed by atoms with Crippen LogP contribution in [-0.2, 0) is 9.53 Å². The molecule has 0 radical (unpaired) electrons. The van der Waals surface area contributed by atoms with Crippen LogP contribution in [0.25, 0.3) is 0 Å². The Hall–Kier alpha value is -1.24. The molecule has 0 bridgehead atoms. The summed E-state index contributed by atoms with van der Waals surface area (Å²) in [5, 5.41) is 4.70. The third kappa shape index (κ3) is 4.70. The Morgan fingerprint density at radius 1 is 1.50 bits per heavy atom. The zero-order chi connectivity index (χ0) is 14.4. The van der Waals surface area contributed by atoms with Crippen LogP contribution in [0.4, 0.5) is 0 Å². The van der Waals surface area contributed by atoms with Crippen molar-refractivity contribution < 1.29 is 14.3 Å². The summed E-state index contributed by atoms with van der Waals surface area (Å²) >= 11 is 1.41. The summed E-state index contributed by atoms with van der Waals surface area (Å²) < 4.78 is 5.56. The molecule has 110 valence electrons. The summed E-state index contributed by atoms with van der Waals surface area (Å²) in [6, 6.07) is 3.63. The van der Waals surface area contributed by atoms with E-state index in [9.17, 15) is 9.59 Å². The number of nitrogens with one attached hydrogen (secondary N) is 1. The van der Waals surface area contributed by atoms with E-state index in [-0.39, 0.29) is 30.6 Å². The minimum atomic E-state index is -0.0910. The van der Waals surface area contributed by atoms with E-state index < -0.39 is 0 Å². The Balaban J connectivity index is 1.64. The number of likely N-dealkylation sites (N-methyl/N-ethyl adjacent to an activating group) is 1. The third-order valence-electron chi connectivity index (χ3n) is 3.24. The lowest BCUT2D eigenvalue weighted by Crippen LogP contribution is -2.45. The largest absolute Gasteiger partial charge is 0.374 e. The maximum atomic E-state index is 11.8. The molecule has 5 nitrogen and oxygen atoms in total. The Bertz CT molecular complexity index is 447. The Kier molecular flexibility index (Phi) is 5.70. The van der Waals surface area contributed by atoms with E-state index in [0.29, 0.717) is 13.2 Å². The molecule has 1 amide bonds. The molecule has 0 aliphatic carbocycles. The monoisotopic (exact) mass is 296 g/mol. The number of hydrogen-bond acceptors (Lipinski definition) is 5. The molecule has 0 saturated carbocycles. The highest BCUT2D eigenvalue weighted by Crippen LogP contribution is 2.12. The van der Waals surface area contributed by atoms with Crippen molar-refractivity contribution >= 4 is 23.0 Å². The molecule has 1 aliphatic heterocycles. The van der Waals surface area contributed by atoms with Crippen molar-refractivity contribution in [3.63, 3.8) is 0 Å². The number of morpholine rings is 1. The highest BCUT2D eigenvalue weighted by Gasteiger charge is 2.18. The molecular formula is C14H20N2O3S. The lowest BCUT2D eigenvalue weighted by atomic mass is 10.2. The number of Topliss-reactive ketones (excluding diaryl/α,β-unsaturated/α-hetero) is 1. The molecule has 20 heavy (non-hydrogen) atoms. The van der Waals surface area contributed by atoms with Crippen LogP contribution in [0.2, 0.25) is 0 Å². The molecule has 0 spiro atoms. The van der Waals surface area contributed by atoms with Gasteiger partial charge in [-0.15, -0.1) is 11.3 Å². The lowest BCUT2D eigenvalue weighted by molar-refractivity contribution is -0.122. The van der Waals surface area contributed by atoms with E-state index in [1.807, 2.05) is 18.5 Å². The summed E-state index contributed by atoms with van der Waals surface area (Å²) in [5.41, 5.74) is 0. The van der Waals surface area contributed by atoms with E-state index in [0.717, 1.165) is 18.0 Å². The van der Waals surface area contributed by atoms with Crippen molar-refractivity contribution in [2.75, 3.05) is 33.3 Å². The first kappa shape index (κ1) is 15.2. The predicted octanol–water partition coefficient (Wildman–Crippen LogP) is 1.16. The lowest BCUT2D eigenvalue weighted by Gasteiger charge is -2.30. The number of ketones is 1. The zero-order valence-corrected chi connectivity index (χ0v) is 12.4. The van der Waals surface area contributed by atoms with Crippen LogP contribution in [0, 0.1) is 0 Å². The van der Waals surface area contributed by atoms with Crippen LogP contribution < -0.4 is 5.32 Å². The van der Waals surface area contributed by atoms with Crippen LogP contribution in [0.3, 0.4) is 0 Å². The fourth-order valence-corrected chi connectivity index (χ4v) is 2.79. The average Bonchev–Trinajstić information content (AvgIpc) is 2.97. The molecule has 1 saturated heterocycles. The SMILES string of the molecule is CN1CCO[C@@H](CNC(=O)CCC(=O)c2cccs2)C1. The second kappa shape index (κ2) is 7.52. The third-order valence-corrected chi connectivity index (χ3v) is 4.15. The van der Waals surface area contributed by atoms with Crippen molar-refractivity contribution in [1.82, 2.24) is 10.2 Å². The molecule has 1 atom stereocenters. The second-order valence-electron chi connectivity index (χ2n) is 4.96. The molecule has 0 aromatic carbocycles. The number of rotatable bonds is 6. The van der Waals surface area contributed by atoms with E-state index in [2.05, 4.69) is 10.2 Å². The average molecular weight is 296 g/mol. The summed E-state index contributed by atoms with van der Waals surface area (Å²) in [6.45, 7) is 2.97. The number of amides is 1. The molecule has 1 aromatic heterocycles. The first-order valence-electron chi connectivity index (χ1n) is 6.78. The normalized spacial score (nSPS) is 19.8. The number of ether oxygens (including phenoxy) is 1. The smallest absolute Gasteiger partial charge is 0.220 e. The first-order valence-corrected chi connectivity index (χ1v) is 7.66. The molecule has 6 heteroatoms. The quantitative estimate of drug-likeness (QED) is 0.800. The number of hydrogen-bond donors (Lipinski definition) is 1. The van der Waals surface area contributed by atoms with Crippen molar-refractivity contribution in [2.24, 2.45) is 0 Å². The van der Waals surface area contributed by atoms with Gasteiger partial charge >= 0.3 is 0 Å². The number of thiophene rings is 1.